The van der Waals surface area contributed by atoms with Crippen LogP contribution in [0.25, 0.3) is 0 Å². The molecule has 0 heterocycles. The van der Waals surface area contributed by atoms with Gasteiger partial charge in [0.05, 0.1) is 7.11 Å². The zero-order valence-corrected chi connectivity index (χ0v) is 13.5. The first kappa shape index (κ1) is 16.2. The Labute approximate surface area is 135 Å². The molecular formula is C17H18ClNO3. The molecule has 2 rings (SSSR count). The number of rotatable bonds is 5. The van der Waals surface area contributed by atoms with Gasteiger partial charge in [-0.2, -0.15) is 0 Å². The highest BCUT2D eigenvalue weighted by atomic mass is 35.5. The number of carbonyl (C=O) groups excluding carboxylic acids is 1. The molecule has 4 nitrogen and oxygen atoms in total. The van der Waals surface area contributed by atoms with Gasteiger partial charge in [0.25, 0.3) is 5.91 Å². The van der Waals surface area contributed by atoms with Gasteiger partial charge in [0, 0.05) is 10.7 Å². The highest BCUT2D eigenvalue weighted by molar-refractivity contribution is 6.31. The first-order valence-corrected chi connectivity index (χ1v) is 7.25. The van der Waals surface area contributed by atoms with Crippen molar-refractivity contribution < 1.29 is 14.3 Å². The molecule has 5 heteroatoms. The van der Waals surface area contributed by atoms with Crippen LogP contribution in [-0.4, -0.2) is 19.1 Å². The third-order valence-corrected chi connectivity index (χ3v) is 3.59. The van der Waals surface area contributed by atoms with E-state index in [-0.39, 0.29) is 5.91 Å². The maximum Gasteiger partial charge on any atom is 0.265 e. The zero-order chi connectivity index (χ0) is 16.1. The number of anilines is 1. The maximum atomic E-state index is 12.1. The third kappa shape index (κ3) is 4.15. The van der Waals surface area contributed by atoms with E-state index in [2.05, 4.69) is 5.32 Å². The molecule has 1 atom stereocenters. The number of carbonyl (C=O) groups is 1. The molecule has 0 saturated carbocycles. The van der Waals surface area contributed by atoms with Crippen LogP contribution in [0.3, 0.4) is 0 Å². The predicted molar refractivity (Wildman–Crippen MR) is 87.9 cm³/mol. The monoisotopic (exact) mass is 319 g/mol. The first-order valence-electron chi connectivity index (χ1n) is 6.87. The molecule has 0 bridgehead atoms. The number of halogens is 1. The second kappa shape index (κ2) is 7.18. The molecule has 0 aliphatic carbocycles. The van der Waals surface area contributed by atoms with Crippen LogP contribution < -0.4 is 14.8 Å². The summed E-state index contributed by atoms with van der Waals surface area (Å²) >= 11 is 6.04. The molecule has 0 aliphatic heterocycles. The quantitative estimate of drug-likeness (QED) is 0.904. The lowest BCUT2D eigenvalue weighted by Crippen LogP contribution is -2.30. The van der Waals surface area contributed by atoms with E-state index in [1.54, 1.807) is 50.4 Å². The predicted octanol–water partition coefficient (Wildman–Crippen LogP) is 4.06. The van der Waals surface area contributed by atoms with E-state index in [4.69, 9.17) is 21.1 Å². The van der Waals surface area contributed by atoms with Crippen LogP contribution in [-0.2, 0) is 4.79 Å². The highest BCUT2D eigenvalue weighted by Crippen LogP contribution is 2.21. The van der Waals surface area contributed by atoms with Gasteiger partial charge in [0.15, 0.2) is 6.10 Å². The van der Waals surface area contributed by atoms with Crippen molar-refractivity contribution in [2.75, 3.05) is 12.4 Å². The molecule has 0 spiro atoms. The minimum atomic E-state index is -0.631. The molecule has 22 heavy (non-hydrogen) atoms. The fraction of sp³-hybridized carbons (Fsp3) is 0.235. The van der Waals surface area contributed by atoms with Crippen LogP contribution in [0.2, 0.25) is 5.02 Å². The van der Waals surface area contributed by atoms with Crippen LogP contribution in [0.5, 0.6) is 11.5 Å². The van der Waals surface area contributed by atoms with Crippen molar-refractivity contribution in [3.63, 3.8) is 0 Å². The molecule has 0 saturated heterocycles. The largest absolute Gasteiger partial charge is 0.497 e. The molecule has 0 unspecified atom stereocenters. The van der Waals surface area contributed by atoms with Crippen LogP contribution >= 0.6 is 11.6 Å². The Kier molecular flexibility index (Phi) is 5.28. The third-order valence-electron chi connectivity index (χ3n) is 3.18. The SMILES string of the molecule is COc1ccc(O[C@H](C)C(=O)Nc2ccc(C)c(Cl)c2)cc1. The van der Waals surface area contributed by atoms with Crippen molar-refractivity contribution in [3.8, 4) is 11.5 Å². The lowest BCUT2D eigenvalue weighted by Gasteiger charge is -2.15. The standard InChI is InChI=1S/C17H18ClNO3/c1-11-4-5-13(10-16(11)18)19-17(20)12(2)22-15-8-6-14(21-3)7-9-15/h4-10,12H,1-3H3,(H,19,20)/t12-/m1/s1. The van der Waals surface area contributed by atoms with E-state index in [1.165, 1.54) is 0 Å². The number of aryl methyl sites for hydroxylation is 1. The topological polar surface area (TPSA) is 47.6 Å². The van der Waals surface area contributed by atoms with Crippen molar-refractivity contribution >= 4 is 23.2 Å². The Hall–Kier alpha value is -2.20. The van der Waals surface area contributed by atoms with Crippen LogP contribution in [0.15, 0.2) is 42.5 Å². The molecule has 0 aliphatic rings. The molecule has 2 aromatic rings. The summed E-state index contributed by atoms with van der Waals surface area (Å²) in [5.41, 5.74) is 1.60. The van der Waals surface area contributed by atoms with Gasteiger partial charge < -0.3 is 14.8 Å². The van der Waals surface area contributed by atoms with Crippen LogP contribution in [0.1, 0.15) is 12.5 Å². The second-order valence-corrected chi connectivity index (χ2v) is 5.30. The van der Waals surface area contributed by atoms with E-state index in [9.17, 15) is 4.79 Å². The molecule has 116 valence electrons. The van der Waals surface area contributed by atoms with Gasteiger partial charge in [0.2, 0.25) is 0 Å². The van der Waals surface area contributed by atoms with Crippen molar-refractivity contribution in [1.29, 1.82) is 0 Å². The average Bonchev–Trinajstić information content (AvgIpc) is 2.51. The van der Waals surface area contributed by atoms with Gasteiger partial charge >= 0.3 is 0 Å². The molecule has 1 amide bonds. The number of methoxy groups -OCH3 is 1. The van der Waals surface area contributed by atoms with Gasteiger partial charge in [-0.25, -0.2) is 0 Å². The maximum absolute atomic E-state index is 12.1. The van der Waals surface area contributed by atoms with Crippen molar-refractivity contribution in [3.05, 3.63) is 53.1 Å². The zero-order valence-electron chi connectivity index (χ0n) is 12.7. The van der Waals surface area contributed by atoms with E-state index in [1.807, 2.05) is 13.0 Å². The Morgan fingerprint density at radius 1 is 1.14 bits per heavy atom. The van der Waals surface area contributed by atoms with E-state index in [0.29, 0.717) is 16.5 Å². The molecular weight excluding hydrogens is 302 g/mol. The summed E-state index contributed by atoms with van der Waals surface area (Å²) in [5, 5.41) is 3.39. The Morgan fingerprint density at radius 2 is 1.77 bits per heavy atom. The number of nitrogens with one attached hydrogen (secondary N) is 1. The van der Waals surface area contributed by atoms with Gasteiger partial charge in [-0.3, -0.25) is 4.79 Å². The summed E-state index contributed by atoms with van der Waals surface area (Å²) in [6.45, 7) is 3.60. The summed E-state index contributed by atoms with van der Waals surface area (Å²) in [7, 11) is 1.60. The van der Waals surface area contributed by atoms with E-state index in [0.717, 1.165) is 11.3 Å². The van der Waals surface area contributed by atoms with Gasteiger partial charge in [0.1, 0.15) is 11.5 Å². The normalized spacial score (nSPS) is 11.6. The van der Waals surface area contributed by atoms with Crippen molar-refractivity contribution in [2.45, 2.75) is 20.0 Å². The van der Waals surface area contributed by atoms with Gasteiger partial charge in [-0.05, 0) is 55.8 Å². The number of ether oxygens (including phenoxy) is 2. The molecule has 1 N–H and O–H groups in total. The van der Waals surface area contributed by atoms with Crippen molar-refractivity contribution in [2.24, 2.45) is 0 Å². The summed E-state index contributed by atoms with van der Waals surface area (Å²) in [4.78, 5) is 12.1. The highest BCUT2D eigenvalue weighted by Gasteiger charge is 2.15. The Morgan fingerprint density at radius 3 is 2.36 bits per heavy atom. The summed E-state index contributed by atoms with van der Waals surface area (Å²) in [5.74, 6) is 1.10. The lowest BCUT2D eigenvalue weighted by molar-refractivity contribution is -0.122. The van der Waals surface area contributed by atoms with Crippen LogP contribution in [0.4, 0.5) is 5.69 Å². The second-order valence-electron chi connectivity index (χ2n) is 4.89. The fourth-order valence-electron chi connectivity index (χ4n) is 1.83. The minimum absolute atomic E-state index is 0.240. The Bertz CT molecular complexity index is 655. The van der Waals surface area contributed by atoms with Gasteiger partial charge in [-0.15, -0.1) is 0 Å². The number of hydrogen-bond acceptors (Lipinski definition) is 3. The molecule has 0 aromatic heterocycles. The average molecular weight is 320 g/mol. The van der Waals surface area contributed by atoms with Gasteiger partial charge in [-0.1, -0.05) is 17.7 Å². The van der Waals surface area contributed by atoms with E-state index < -0.39 is 6.10 Å². The summed E-state index contributed by atoms with van der Waals surface area (Å²) in [6.07, 6.45) is -0.631. The number of amides is 1. The Balaban J connectivity index is 1.97. The molecule has 2 aromatic carbocycles. The minimum Gasteiger partial charge on any atom is -0.497 e. The van der Waals surface area contributed by atoms with Crippen LogP contribution in [0, 0.1) is 6.92 Å². The number of hydrogen-bond donors (Lipinski definition) is 1. The van der Waals surface area contributed by atoms with E-state index >= 15 is 0 Å². The fourth-order valence-corrected chi connectivity index (χ4v) is 2.01. The van der Waals surface area contributed by atoms with Crippen molar-refractivity contribution in [1.82, 2.24) is 0 Å². The summed E-state index contributed by atoms with van der Waals surface area (Å²) in [6, 6.07) is 12.4. The number of benzene rings is 2. The smallest absolute Gasteiger partial charge is 0.265 e. The lowest BCUT2D eigenvalue weighted by atomic mass is 10.2. The molecule has 0 fully saturated rings. The summed E-state index contributed by atoms with van der Waals surface area (Å²) < 4.78 is 10.7. The molecule has 0 radical (unpaired) electrons. The first-order chi connectivity index (χ1) is 10.5.